The molecule has 0 aliphatic carbocycles. The van der Waals surface area contributed by atoms with E-state index in [0.717, 1.165) is 11.4 Å². The highest BCUT2D eigenvalue weighted by Gasteiger charge is 2.05. The summed E-state index contributed by atoms with van der Waals surface area (Å²) in [5.74, 6) is -1.11. The van der Waals surface area contributed by atoms with E-state index in [2.05, 4.69) is 20.5 Å². The smallest absolute Gasteiger partial charge is 0.335 e. The molecule has 0 saturated carbocycles. The largest absolute Gasteiger partial charge is 0.478 e. The average Bonchev–Trinajstić information content (AvgIpc) is 2.52. The van der Waals surface area contributed by atoms with Crippen molar-refractivity contribution in [3.8, 4) is 0 Å². The zero-order valence-electron chi connectivity index (χ0n) is 13.2. The van der Waals surface area contributed by atoms with Crippen molar-refractivity contribution in [3.05, 3.63) is 52.8 Å². The molecule has 2 rings (SSSR count). The number of carboxylic acid groups (broad SMARTS) is 1. The molecule has 1 aromatic carbocycles. The molecule has 1 amide bonds. The Kier molecular flexibility index (Phi) is 6.02. The number of aryl methyl sites for hydroxylation is 2. The molecule has 2 aromatic rings. The molecule has 1 aromatic heterocycles. The average molecular weight is 344 g/mol. The number of nitrogens with one attached hydrogen (secondary N) is 1. The van der Waals surface area contributed by atoms with Crippen LogP contribution in [-0.4, -0.2) is 38.9 Å². The van der Waals surface area contributed by atoms with Gasteiger partial charge in [0, 0.05) is 11.4 Å². The normalized spacial score (nSPS) is 10.8. The van der Waals surface area contributed by atoms with Gasteiger partial charge in [0.1, 0.15) is 0 Å². The lowest BCUT2D eigenvalue weighted by Gasteiger charge is -2.02. The fraction of sp³-hybridized carbons (Fsp3) is 0.188. The molecule has 7 nitrogen and oxygen atoms in total. The van der Waals surface area contributed by atoms with Crippen LogP contribution in [0.4, 0.5) is 0 Å². The number of aromatic nitrogens is 2. The Labute approximate surface area is 143 Å². The summed E-state index contributed by atoms with van der Waals surface area (Å²) in [5, 5.41) is 13.2. The summed E-state index contributed by atoms with van der Waals surface area (Å²) in [7, 11) is 0. The summed E-state index contributed by atoms with van der Waals surface area (Å²) in [4.78, 5) is 31.0. The Morgan fingerprint density at radius 2 is 1.83 bits per heavy atom. The standard InChI is InChI=1S/C16H16N4O3S/c1-10-7-11(2)19-16(18-10)24-9-14(21)20-17-8-12-3-5-13(6-4-12)15(22)23/h3-8H,9H2,1-2H3,(H,20,21)(H,22,23)/b17-8-. The first-order valence-electron chi connectivity index (χ1n) is 7.04. The number of hydrazone groups is 1. The molecule has 0 aliphatic heterocycles. The van der Waals surface area contributed by atoms with Gasteiger partial charge in [0.2, 0.25) is 0 Å². The third-order valence-corrected chi connectivity index (χ3v) is 3.70. The van der Waals surface area contributed by atoms with Gasteiger partial charge in [-0.1, -0.05) is 23.9 Å². The molecule has 2 N–H and O–H groups in total. The van der Waals surface area contributed by atoms with Gasteiger partial charge in [-0.3, -0.25) is 4.79 Å². The predicted molar refractivity (Wildman–Crippen MR) is 91.4 cm³/mol. The van der Waals surface area contributed by atoms with Gasteiger partial charge in [-0.2, -0.15) is 5.10 Å². The van der Waals surface area contributed by atoms with Crippen LogP contribution >= 0.6 is 11.8 Å². The van der Waals surface area contributed by atoms with Crippen LogP contribution in [-0.2, 0) is 4.79 Å². The number of nitrogens with zero attached hydrogens (tertiary/aromatic N) is 3. The molecule has 0 spiro atoms. The zero-order valence-corrected chi connectivity index (χ0v) is 14.0. The van der Waals surface area contributed by atoms with E-state index in [9.17, 15) is 9.59 Å². The van der Waals surface area contributed by atoms with Crippen LogP contribution in [0.1, 0.15) is 27.3 Å². The highest BCUT2D eigenvalue weighted by Crippen LogP contribution is 2.13. The lowest BCUT2D eigenvalue weighted by atomic mass is 10.1. The summed E-state index contributed by atoms with van der Waals surface area (Å²) in [5.41, 5.74) is 5.00. The molecule has 0 bridgehead atoms. The monoisotopic (exact) mass is 344 g/mol. The first-order valence-corrected chi connectivity index (χ1v) is 8.03. The first-order chi connectivity index (χ1) is 11.4. The molecular weight excluding hydrogens is 328 g/mol. The Morgan fingerprint density at radius 1 is 1.21 bits per heavy atom. The number of carbonyl (C=O) groups excluding carboxylic acids is 1. The van der Waals surface area contributed by atoms with E-state index in [0.29, 0.717) is 10.7 Å². The summed E-state index contributed by atoms with van der Waals surface area (Å²) >= 11 is 1.23. The van der Waals surface area contributed by atoms with Gasteiger partial charge in [-0.05, 0) is 37.6 Å². The lowest BCUT2D eigenvalue weighted by molar-refractivity contribution is -0.118. The van der Waals surface area contributed by atoms with Crippen LogP contribution in [0, 0.1) is 13.8 Å². The highest BCUT2D eigenvalue weighted by molar-refractivity contribution is 7.99. The Bertz CT molecular complexity index is 755. The topological polar surface area (TPSA) is 105 Å². The maximum Gasteiger partial charge on any atom is 0.335 e. The second kappa shape index (κ2) is 8.21. The SMILES string of the molecule is Cc1cc(C)nc(SCC(=O)N/N=C\c2ccc(C(=O)O)cc2)n1. The predicted octanol–water partition coefficient (Wildman–Crippen LogP) is 2.03. The van der Waals surface area contributed by atoms with E-state index in [-0.39, 0.29) is 17.2 Å². The van der Waals surface area contributed by atoms with Crippen LogP contribution in [0.2, 0.25) is 0 Å². The summed E-state index contributed by atoms with van der Waals surface area (Å²) < 4.78 is 0. The second-order valence-corrected chi connectivity index (χ2v) is 5.88. The van der Waals surface area contributed by atoms with Crippen molar-refractivity contribution in [1.29, 1.82) is 0 Å². The number of rotatable bonds is 6. The van der Waals surface area contributed by atoms with Crippen LogP contribution < -0.4 is 5.43 Å². The molecule has 1 heterocycles. The van der Waals surface area contributed by atoms with Crippen molar-refractivity contribution < 1.29 is 14.7 Å². The highest BCUT2D eigenvalue weighted by atomic mass is 32.2. The van der Waals surface area contributed by atoms with Crippen molar-refractivity contribution in [2.75, 3.05) is 5.75 Å². The molecule has 0 unspecified atom stereocenters. The van der Waals surface area contributed by atoms with Crippen LogP contribution in [0.5, 0.6) is 0 Å². The van der Waals surface area contributed by atoms with Gasteiger partial charge in [0.15, 0.2) is 5.16 Å². The molecule has 8 heteroatoms. The van der Waals surface area contributed by atoms with E-state index in [1.54, 1.807) is 12.1 Å². The number of amides is 1. The molecule has 124 valence electrons. The van der Waals surface area contributed by atoms with E-state index in [1.807, 2.05) is 19.9 Å². The number of aromatic carboxylic acids is 1. The first kappa shape index (κ1) is 17.6. The summed E-state index contributed by atoms with van der Waals surface area (Å²) in [6.45, 7) is 3.75. The fourth-order valence-corrected chi connectivity index (χ4v) is 2.55. The molecule has 0 aliphatic rings. The van der Waals surface area contributed by atoms with Crippen molar-refractivity contribution in [3.63, 3.8) is 0 Å². The maximum atomic E-state index is 11.7. The summed E-state index contributed by atoms with van der Waals surface area (Å²) in [6, 6.07) is 8.02. The number of thioether (sulfide) groups is 1. The van der Waals surface area contributed by atoms with E-state index >= 15 is 0 Å². The van der Waals surface area contributed by atoms with Gasteiger partial charge in [0.25, 0.3) is 5.91 Å². The molecule has 0 atom stereocenters. The maximum absolute atomic E-state index is 11.7. The Morgan fingerprint density at radius 3 is 2.42 bits per heavy atom. The van der Waals surface area contributed by atoms with E-state index in [1.165, 1.54) is 30.1 Å². The van der Waals surface area contributed by atoms with Gasteiger partial charge in [-0.15, -0.1) is 0 Å². The van der Waals surface area contributed by atoms with Crippen molar-refractivity contribution in [2.45, 2.75) is 19.0 Å². The number of carbonyl (C=O) groups is 2. The number of benzene rings is 1. The lowest BCUT2D eigenvalue weighted by Crippen LogP contribution is -2.19. The minimum atomic E-state index is -0.988. The third-order valence-electron chi connectivity index (χ3n) is 2.85. The van der Waals surface area contributed by atoms with Gasteiger partial charge >= 0.3 is 5.97 Å². The Hall–Kier alpha value is -2.74. The molecule has 0 fully saturated rings. The third kappa shape index (κ3) is 5.47. The Balaban J connectivity index is 1.83. The van der Waals surface area contributed by atoms with E-state index < -0.39 is 5.97 Å². The number of hydrogen-bond donors (Lipinski definition) is 2. The summed E-state index contributed by atoms with van der Waals surface area (Å²) in [6.07, 6.45) is 1.45. The van der Waals surface area contributed by atoms with Gasteiger partial charge < -0.3 is 5.11 Å². The van der Waals surface area contributed by atoms with E-state index in [4.69, 9.17) is 5.11 Å². The molecule has 0 radical (unpaired) electrons. The molecular formula is C16H16N4O3S. The quantitative estimate of drug-likeness (QED) is 0.360. The van der Waals surface area contributed by atoms with Crippen LogP contribution in [0.25, 0.3) is 0 Å². The fourth-order valence-electron chi connectivity index (χ4n) is 1.81. The minimum absolute atomic E-state index is 0.151. The number of carboxylic acids is 1. The van der Waals surface area contributed by atoms with Crippen molar-refractivity contribution in [2.24, 2.45) is 5.10 Å². The van der Waals surface area contributed by atoms with Gasteiger partial charge in [0.05, 0.1) is 17.5 Å². The zero-order chi connectivity index (χ0) is 17.5. The number of hydrogen-bond acceptors (Lipinski definition) is 6. The second-order valence-electron chi connectivity index (χ2n) is 4.94. The van der Waals surface area contributed by atoms with Crippen molar-refractivity contribution in [1.82, 2.24) is 15.4 Å². The minimum Gasteiger partial charge on any atom is -0.478 e. The van der Waals surface area contributed by atoms with Gasteiger partial charge in [-0.25, -0.2) is 20.2 Å². The van der Waals surface area contributed by atoms with Crippen LogP contribution in [0.15, 0.2) is 40.6 Å². The van der Waals surface area contributed by atoms with Crippen LogP contribution in [0.3, 0.4) is 0 Å². The molecule has 0 saturated heterocycles. The molecule has 24 heavy (non-hydrogen) atoms. The van der Waals surface area contributed by atoms with Crippen molar-refractivity contribution >= 4 is 29.9 Å².